The smallest absolute Gasteiger partial charge is 0.251 e. The number of amides is 1. The molecule has 0 spiro atoms. The van der Waals surface area contributed by atoms with E-state index in [1.807, 2.05) is 74.1 Å². The number of benzene rings is 2. The fourth-order valence-corrected chi connectivity index (χ4v) is 3.87. The molecule has 7 heteroatoms. The normalized spacial score (nSPS) is 12.6. The summed E-state index contributed by atoms with van der Waals surface area (Å²) in [7, 11) is 1.89. The van der Waals surface area contributed by atoms with Crippen molar-refractivity contribution in [1.82, 2.24) is 9.78 Å². The van der Waals surface area contributed by atoms with Crippen molar-refractivity contribution >= 4 is 17.7 Å². The standard InChI is InChI=1S/C27H29N3O4/c1-5-14-32-24-9-7-6-8-21(24)18-30(22-10-12-25-26(17-22)34-16-15-33-25)27(31)13-11-23-19(2)28-29(4)20(23)3/h5-13,17H,1,14-16,18H2,2-4H3. The molecule has 34 heavy (non-hydrogen) atoms. The van der Waals surface area contributed by atoms with Crippen LogP contribution in [-0.2, 0) is 18.4 Å². The molecule has 1 aromatic heterocycles. The SMILES string of the molecule is C=CCOc1ccccc1CN(C(=O)C=Cc1c(C)nn(C)c1C)c1ccc2c(c1)OCCO2. The number of carbonyl (C=O) groups is 1. The molecule has 2 heterocycles. The van der Waals surface area contributed by atoms with Crippen LogP contribution in [-0.4, -0.2) is 35.5 Å². The van der Waals surface area contributed by atoms with Crippen molar-refractivity contribution in [2.75, 3.05) is 24.7 Å². The summed E-state index contributed by atoms with van der Waals surface area (Å²) in [6.45, 7) is 9.32. The fraction of sp³-hybridized carbons (Fsp3) is 0.259. The van der Waals surface area contributed by atoms with Crippen LogP contribution in [0.2, 0.25) is 0 Å². The number of para-hydroxylation sites is 1. The predicted octanol–water partition coefficient (Wildman–Crippen LogP) is 4.62. The van der Waals surface area contributed by atoms with E-state index in [9.17, 15) is 4.79 Å². The van der Waals surface area contributed by atoms with E-state index in [-0.39, 0.29) is 5.91 Å². The molecule has 0 aliphatic carbocycles. The average molecular weight is 460 g/mol. The molecule has 0 bridgehead atoms. The Kier molecular flexibility index (Phi) is 7.01. The molecule has 2 aromatic carbocycles. The van der Waals surface area contributed by atoms with Crippen LogP contribution in [0.25, 0.3) is 6.08 Å². The first-order valence-corrected chi connectivity index (χ1v) is 11.2. The van der Waals surface area contributed by atoms with Crippen LogP contribution in [0.4, 0.5) is 5.69 Å². The minimum Gasteiger partial charge on any atom is -0.489 e. The summed E-state index contributed by atoms with van der Waals surface area (Å²) in [5.74, 6) is 1.84. The lowest BCUT2D eigenvalue weighted by atomic mass is 10.1. The second kappa shape index (κ2) is 10.3. The Balaban J connectivity index is 1.69. The van der Waals surface area contributed by atoms with Crippen molar-refractivity contribution in [3.8, 4) is 17.2 Å². The zero-order chi connectivity index (χ0) is 24.1. The first-order chi connectivity index (χ1) is 16.5. The molecule has 0 atom stereocenters. The largest absolute Gasteiger partial charge is 0.489 e. The third-order valence-electron chi connectivity index (χ3n) is 5.72. The maximum Gasteiger partial charge on any atom is 0.251 e. The van der Waals surface area contributed by atoms with Crippen LogP contribution < -0.4 is 19.1 Å². The van der Waals surface area contributed by atoms with E-state index in [0.717, 1.165) is 22.5 Å². The summed E-state index contributed by atoms with van der Waals surface area (Å²) in [4.78, 5) is 15.2. The minimum absolute atomic E-state index is 0.169. The van der Waals surface area contributed by atoms with Crippen molar-refractivity contribution in [3.63, 3.8) is 0 Å². The highest BCUT2D eigenvalue weighted by Crippen LogP contribution is 2.35. The molecule has 0 radical (unpaired) electrons. The lowest BCUT2D eigenvalue weighted by Gasteiger charge is -2.25. The third kappa shape index (κ3) is 4.98. The quantitative estimate of drug-likeness (QED) is 0.363. The Bertz CT molecular complexity index is 1230. The zero-order valence-corrected chi connectivity index (χ0v) is 19.8. The summed E-state index contributed by atoms with van der Waals surface area (Å²) < 4.78 is 19.0. The molecule has 0 saturated carbocycles. The van der Waals surface area contributed by atoms with Crippen LogP contribution in [0.15, 0.2) is 61.2 Å². The molecule has 0 N–H and O–H groups in total. The number of aryl methyl sites for hydroxylation is 2. The molecule has 176 valence electrons. The van der Waals surface area contributed by atoms with E-state index in [0.29, 0.717) is 49.3 Å². The van der Waals surface area contributed by atoms with Gasteiger partial charge in [0.15, 0.2) is 11.5 Å². The predicted molar refractivity (Wildman–Crippen MR) is 132 cm³/mol. The number of rotatable bonds is 8. The summed E-state index contributed by atoms with van der Waals surface area (Å²) in [6.07, 6.45) is 5.11. The molecule has 0 unspecified atom stereocenters. The van der Waals surface area contributed by atoms with E-state index in [1.54, 1.807) is 17.1 Å². The molecule has 1 aliphatic rings. The van der Waals surface area contributed by atoms with Crippen molar-refractivity contribution in [3.05, 3.63) is 83.7 Å². The van der Waals surface area contributed by atoms with Gasteiger partial charge in [-0.15, -0.1) is 0 Å². The van der Waals surface area contributed by atoms with E-state index in [4.69, 9.17) is 14.2 Å². The molecule has 3 aromatic rings. The first kappa shape index (κ1) is 23.2. The number of nitrogens with zero attached hydrogens (tertiary/aromatic N) is 3. The number of carbonyl (C=O) groups excluding carboxylic acids is 1. The number of fused-ring (bicyclic) bond motifs is 1. The van der Waals surface area contributed by atoms with Gasteiger partial charge in [-0.05, 0) is 38.1 Å². The van der Waals surface area contributed by atoms with E-state index in [1.165, 1.54) is 0 Å². The number of hydrogen-bond donors (Lipinski definition) is 0. The highest BCUT2D eigenvalue weighted by molar-refractivity contribution is 6.04. The van der Waals surface area contributed by atoms with Crippen molar-refractivity contribution < 1.29 is 19.0 Å². The van der Waals surface area contributed by atoms with Crippen molar-refractivity contribution in [2.24, 2.45) is 7.05 Å². The molecule has 1 aliphatic heterocycles. The highest BCUT2D eigenvalue weighted by atomic mass is 16.6. The second-order valence-electron chi connectivity index (χ2n) is 8.00. The van der Waals surface area contributed by atoms with E-state index in [2.05, 4.69) is 11.7 Å². The maximum atomic E-state index is 13.5. The third-order valence-corrected chi connectivity index (χ3v) is 5.72. The highest BCUT2D eigenvalue weighted by Gasteiger charge is 2.20. The van der Waals surface area contributed by atoms with Gasteiger partial charge in [-0.25, -0.2) is 0 Å². The molecule has 7 nitrogen and oxygen atoms in total. The second-order valence-corrected chi connectivity index (χ2v) is 8.00. The molecule has 0 saturated heterocycles. The summed E-state index contributed by atoms with van der Waals surface area (Å²) >= 11 is 0. The molecule has 1 amide bonds. The maximum absolute atomic E-state index is 13.5. The van der Waals surface area contributed by atoms with Gasteiger partial charge in [-0.1, -0.05) is 30.9 Å². The van der Waals surface area contributed by atoms with E-state index >= 15 is 0 Å². The lowest BCUT2D eigenvalue weighted by molar-refractivity contribution is -0.114. The zero-order valence-electron chi connectivity index (χ0n) is 19.8. The van der Waals surface area contributed by atoms with Crippen LogP contribution in [0.3, 0.4) is 0 Å². The Morgan fingerprint density at radius 1 is 1.18 bits per heavy atom. The van der Waals surface area contributed by atoms with Crippen molar-refractivity contribution in [2.45, 2.75) is 20.4 Å². The summed E-state index contributed by atoms with van der Waals surface area (Å²) in [5, 5.41) is 4.43. The van der Waals surface area contributed by atoms with Crippen molar-refractivity contribution in [1.29, 1.82) is 0 Å². The number of anilines is 1. The van der Waals surface area contributed by atoms with Gasteiger partial charge in [0, 0.05) is 41.7 Å². The van der Waals surface area contributed by atoms with Gasteiger partial charge < -0.3 is 19.1 Å². The Labute approximate surface area is 199 Å². The number of hydrogen-bond acceptors (Lipinski definition) is 5. The van der Waals surface area contributed by atoms with Crippen LogP contribution in [0.1, 0.15) is 22.5 Å². The average Bonchev–Trinajstić information content (AvgIpc) is 3.10. The van der Waals surface area contributed by atoms with Crippen LogP contribution in [0.5, 0.6) is 17.2 Å². The van der Waals surface area contributed by atoms with Gasteiger partial charge in [0.1, 0.15) is 25.6 Å². The molecule has 0 fully saturated rings. The Morgan fingerprint density at radius 2 is 1.94 bits per heavy atom. The summed E-state index contributed by atoms with van der Waals surface area (Å²) in [6, 6.07) is 13.2. The van der Waals surface area contributed by atoms with Gasteiger partial charge >= 0.3 is 0 Å². The monoisotopic (exact) mass is 459 g/mol. The van der Waals surface area contributed by atoms with E-state index < -0.39 is 0 Å². The number of ether oxygens (including phenoxy) is 3. The topological polar surface area (TPSA) is 65.8 Å². The van der Waals surface area contributed by atoms with Crippen LogP contribution in [0, 0.1) is 13.8 Å². The fourth-order valence-electron chi connectivity index (χ4n) is 3.87. The summed E-state index contributed by atoms with van der Waals surface area (Å²) in [5.41, 5.74) is 4.40. The Morgan fingerprint density at radius 3 is 2.68 bits per heavy atom. The molecule has 4 rings (SSSR count). The number of aromatic nitrogens is 2. The molecular weight excluding hydrogens is 430 g/mol. The minimum atomic E-state index is -0.169. The van der Waals surface area contributed by atoms with Gasteiger partial charge in [0.05, 0.1) is 12.2 Å². The van der Waals surface area contributed by atoms with Gasteiger partial charge in [-0.3, -0.25) is 9.48 Å². The van der Waals surface area contributed by atoms with Gasteiger partial charge in [0.2, 0.25) is 0 Å². The Hall–Kier alpha value is -4.00. The lowest BCUT2D eigenvalue weighted by Crippen LogP contribution is -2.29. The first-order valence-electron chi connectivity index (χ1n) is 11.2. The van der Waals surface area contributed by atoms with Crippen LogP contribution >= 0.6 is 0 Å². The molecular formula is C27H29N3O4. The van der Waals surface area contributed by atoms with Gasteiger partial charge in [0.25, 0.3) is 5.91 Å². The van der Waals surface area contributed by atoms with Gasteiger partial charge in [-0.2, -0.15) is 5.10 Å².